The first kappa shape index (κ1) is 47.2. The van der Waals surface area contributed by atoms with Crippen LogP contribution in [-0.4, -0.2) is 94.1 Å². The number of aromatic nitrogens is 3. The topological polar surface area (TPSA) is 92.6 Å². The van der Waals surface area contributed by atoms with Crippen molar-refractivity contribution in [1.29, 1.82) is 0 Å². The first-order valence-electron chi connectivity index (χ1n) is 23.9. The maximum Gasteiger partial charge on any atom is 0.103 e. The van der Waals surface area contributed by atoms with Crippen LogP contribution in [0.4, 0.5) is 0 Å². The third-order valence-corrected chi connectivity index (χ3v) is 12.8. The van der Waals surface area contributed by atoms with E-state index in [1.54, 1.807) is 0 Å². The Kier molecular flexibility index (Phi) is 17.3. The third kappa shape index (κ3) is 13.6. The van der Waals surface area contributed by atoms with Gasteiger partial charge in [0.25, 0.3) is 0 Å². The Balaban J connectivity index is 0.903. The van der Waals surface area contributed by atoms with E-state index in [4.69, 9.17) is 33.5 Å². The normalized spacial score (nSPS) is 20.8. The lowest BCUT2D eigenvalue weighted by Gasteiger charge is -2.28. The molecule has 68 heavy (non-hydrogen) atoms. The van der Waals surface area contributed by atoms with Crippen molar-refractivity contribution in [2.75, 3.05) is 32.8 Å². The third-order valence-electron chi connectivity index (χ3n) is 12.8. The average Bonchev–Trinajstić information content (AvgIpc) is 4.09. The van der Waals surface area contributed by atoms with Crippen LogP contribution < -0.4 is 0 Å². The van der Waals surface area contributed by atoms with Crippen LogP contribution in [-0.2, 0) is 81.2 Å². The van der Waals surface area contributed by atoms with Crippen molar-refractivity contribution in [1.82, 2.24) is 24.8 Å². The monoisotopic (exact) mass is 913 g/mol. The van der Waals surface area contributed by atoms with Gasteiger partial charge in [0.1, 0.15) is 12.2 Å². The molecule has 2 aliphatic rings. The van der Waals surface area contributed by atoms with Crippen LogP contribution in [0.3, 0.4) is 0 Å². The summed E-state index contributed by atoms with van der Waals surface area (Å²) in [5, 5.41) is 9.42. The number of ether oxygens (including phenoxy) is 6. The molecular formula is C57H63N5O6. The molecular weight excluding hydrogens is 851 g/mol. The van der Waals surface area contributed by atoms with Gasteiger partial charge in [0, 0.05) is 32.4 Å². The van der Waals surface area contributed by atoms with Crippen LogP contribution in [0.15, 0.2) is 188 Å². The summed E-state index contributed by atoms with van der Waals surface area (Å²) in [4.78, 5) is 4.84. The molecule has 0 amide bonds. The van der Waals surface area contributed by atoms with Crippen molar-refractivity contribution in [2.45, 2.75) is 89.2 Å². The fourth-order valence-corrected chi connectivity index (χ4v) is 9.21. The second-order valence-corrected chi connectivity index (χ2v) is 17.7. The first-order chi connectivity index (χ1) is 33.7. The predicted octanol–water partition coefficient (Wildman–Crippen LogP) is 8.92. The van der Waals surface area contributed by atoms with Crippen LogP contribution in [0.2, 0.25) is 0 Å². The molecule has 11 nitrogen and oxygen atoms in total. The van der Waals surface area contributed by atoms with Crippen LogP contribution in [0, 0.1) is 0 Å². The molecule has 0 radical (unpaired) electrons. The van der Waals surface area contributed by atoms with Crippen molar-refractivity contribution in [2.24, 2.45) is 0 Å². The summed E-state index contributed by atoms with van der Waals surface area (Å²) in [6, 6.07) is 61.8. The quantitative estimate of drug-likeness (QED) is 0.0554. The highest BCUT2D eigenvalue weighted by Gasteiger charge is 2.45. The molecule has 6 aromatic carbocycles. The molecule has 9 rings (SSSR count). The number of hydrogen-bond acceptors (Lipinski definition) is 10. The molecule has 0 unspecified atom stereocenters. The van der Waals surface area contributed by atoms with Gasteiger partial charge in [-0.1, -0.05) is 187 Å². The maximum atomic E-state index is 6.82. The van der Waals surface area contributed by atoms with Crippen LogP contribution >= 0.6 is 0 Å². The van der Waals surface area contributed by atoms with Crippen LogP contribution in [0.5, 0.6) is 0 Å². The van der Waals surface area contributed by atoms with Gasteiger partial charge in [-0.3, -0.25) is 14.5 Å². The van der Waals surface area contributed by atoms with Gasteiger partial charge in [-0.25, -0.2) is 0 Å². The lowest BCUT2D eigenvalue weighted by Crippen LogP contribution is -2.42. The average molecular weight is 914 g/mol. The Labute approximate surface area is 401 Å². The Hall–Kier alpha value is -5.86. The Bertz CT molecular complexity index is 2470. The Morgan fingerprint density at radius 2 is 0.750 bits per heavy atom. The van der Waals surface area contributed by atoms with Crippen molar-refractivity contribution in [3.05, 3.63) is 227 Å². The molecule has 6 atom stereocenters. The molecule has 3 heterocycles. The molecule has 0 N–H and O–H groups in total. The number of hydrogen-bond donors (Lipinski definition) is 0. The van der Waals surface area contributed by atoms with Gasteiger partial charge >= 0.3 is 0 Å². The van der Waals surface area contributed by atoms with Crippen LogP contribution in [0.1, 0.15) is 39.1 Å². The number of nitrogens with zero attached hydrogens (tertiary/aromatic N) is 5. The lowest BCUT2D eigenvalue weighted by atomic mass is 10.1. The van der Waals surface area contributed by atoms with E-state index < -0.39 is 0 Å². The summed E-state index contributed by atoms with van der Waals surface area (Å²) in [5.74, 6) is 0. The second kappa shape index (κ2) is 25.0. The lowest BCUT2D eigenvalue weighted by molar-refractivity contribution is -0.0819. The van der Waals surface area contributed by atoms with Crippen molar-refractivity contribution >= 4 is 0 Å². The van der Waals surface area contributed by atoms with Crippen molar-refractivity contribution in [3.8, 4) is 0 Å². The summed E-state index contributed by atoms with van der Waals surface area (Å²) in [5.41, 5.74) is 7.64. The first-order valence-corrected chi connectivity index (χ1v) is 23.9. The van der Waals surface area contributed by atoms with Gasteiger partial charge in [-0.2, -0.15) is 0 Å². The zero-order valence-electron chi connectivity index (χ0n) is 38.7. The largest absolute Gasteiger partial charge is 0.375 e. The predicted molar refractivity (Wildman–Crippen MR) is 262 cm³/mol. The highest BCUT2D eigenvalue weighted by Crippen LogP contribution is 2.30. The molecule has 2 fully saturated rings. The second-order valence-electron chi connectivity index (χ2n) is 17.7. The van der Waals surface area contributed by atoms with E-state index in [1.807, 2.05) is 89.6 Å². The Morgan fingerprint density at radius 1 is 0.397 bits per heavy atom. The standard InChI is InChI=1S/C57H63N5O6/c1-7-19-45(20-8-1)37-63-43-52-56(67-41-49-27-15-5-16-28-49)54(65-39-47-23-11-3-12-24-47)35-60(52)31-32-62-34-51(58-59-62)33-61-36-55(66-40-48-25-13-4-14-26-48)57(68-42-50-29-17-6-18-30-50)53(61)44-64-38-46-21-9-2-10-22-46/h1-30,34,52-57H,31-33,35-44H2/t52-,53-,54-,55-,56+,57+/m0/s1. The molecule has 2 aliphatic heterocycles. The number of rotatable bonds is 25. The van der Waals surface area contributed by atoms with Gasteiger partial charge in [0.2, 0.25) is 0 Å². The van der Waals surface area contributed by atoms with E-state index in [1.165, 1.54) is 0 Å². The van der Waals surface area contributed by atoms with E-state index in [9.17, 15) is 0 Å². The number of benzene rings is 6. The van der Waals surface area contributed by atoms with E-state index in [0.717, 1.165) is 39.1 Å². The fraction of sp³-hybridized carbons (Fsp3) is 0.333. The van der Waals surface area contributed by atoms with E-state index >= 15 is 0 Å². The molecule has 0 spiro atoms. The summed E-state index contributed by atoms with van der Waals surface area (Å²) in [7, 11) is 0. The molecule has 2 saturated heterocycles. The minimum absolute atomic E-state index is 0.0481. The highest BCUT2D eigenvalue weighted by molar-refractivity contribution is 5.18. The summed E-state index contributed by atoms with van der Waals surface area (Å²) in [6.07, 6.45) is 1.26. The van der Waals surface area contributed by atoms with E-state index in [0.29, 0.717) is 85.6 Å². The zero-order chi connectivity index (χ0) is 46.0. The molecule has 7 aromatic rings. The minimum atomic E-state index is -0.241. The van der Waals surface area contributed by atoms with E-state index in [2.05, 4.69) is 118 Å². The zero-order valence-corrected chi connectivity index (χ0v) is 38.7. The molecule has 352 valence electrons. The summed E-state index contributed by atoms with van der Waals surface area (Å²) >= 11 is 0. The van der Waals surface area contributed by atoms with Crippen molar-refractivity contribution in [3.63, 3.8) is 0 Å². The summed E-state index contributed by atoms with van der Waals surface area (Å²) < 4.78 is 42.0. The van der Waals surface area contributed by atoms with Gasteiger partial charge in [-0.15, -0.1) is 5.10 Å². The molecule has 1 aromatic heterocycles. The number of likely N-dealkylation sites (tertiary alicyclic amines) is 2. The molecule has 0 bridgehead atoms. The smallest absolute Gasteiger partial charge is 0.103 e. The van der Waals surface area contributed by atoms with Gasteiger partial charge < -0.3 is 28.4 Å². The van der Waals surface area contributed by atoms with Gasteiger partial charge in [0.05, 0.1) is 89.4 Å². The Morgan fingerprint density at radius 3 is 1.16 bits per heavy atom. The highest BCUT2D eigenvalue weighted by atomic mass is 16.6. The summed E-state index contributed by atoms with van der Waals surface area (Å²) in [6.45, 7) is 7.20. The van der Waals surface area contributed by atoms with Gasteiger partial charge in [0.15, 0.2) is 0 Å². The fourth-order valence-electron chi connectivity index (χ4n) is 9.21. The minimum Gasteiger partial charge on any atom is -0.375 e. The molecule has 0 saturated carbocycles. The van der Waals surface area contributed by atoms with E-state index in [-0.39, 0.29) is 36.5 Å². The maximum absolute atomic E-state index is 6.82. The SMILES string of the molecule is c1ccc(COC[C@H]2[C@@H](OCc3ccccc3)[C@@H](OCc3ccccc3)CN2CCn2cc(CN3C[C@H](OCc4ccccc4)[C@H](OCc4ccccc4)[C@@H]3COCc3ccccc3)nn2)cc1. The molecule has 0 aliphatic carbocycles. The molecule has 11 heteroatoms. The van der Waals surface area contributed by atoms with Gasteiger partial charge in [-0.05, 0) is 33.4 Å². The van der Waals surface area contributed by atoms with Crippen molar-refractivity contribution < 1.29 is 28.4 Å². The van der Waals surface area contributed by atoms with Crippen LogP contribution in [0.25, 0.3) is 0 Å².